The molecule has 0 heterocycles. The highest BCUT2D eigenvalue weighted by Gasteiger charge is 2.28. The fourth-order valence-corrected chi connectivity index (χ4v) is 2.16. The summed E-state index contributed by atoms with van der Waals surface area (Å²) in [5.41, 5.74) is 2.82. The van der Waals surface area contributed by atoms with Gasteiger partial charge >= 0.3 is 0 Å². The van der Waals surface area contributed by atoms with Crippen LogP contribution in [0.5, 0.6) is 0 Å². The Morgan fingerprint density at radius 1 is 1.25 bits per heavy atom. The number of rotatable bonds is 5. The number of carbonyl (C=O) groups excluding carboxylic acids is 2. The average Bonchev–Trinajstić information content (AvgIpc) is 3.23. The lowest BCUT2D eigenvalue weighted by molar-refractivity contribution is -0.120. The minimum Gasteiger partial charge on any atom is -0.352 e. The Hall–Kier alpha value is -1.84. The highest BCUT2D eigenvalue weighted by molar-refractivity contribution is 5.96. The summed E-state index contributed by atoms with van der Waals surface area (Å²) in [6.07, 6.45) is 2.38. The van der Waals surface area contributed by atoms with Crippen molar-refractivity contribution in [2.75, 3.05) is 6.54 Å². The molecule has 1 unspecified atom stereocenters. The topological polar surface area (TPSA) is 58.2 Å². The molecule has 1 aromatic carbocycles. The lowest BCUT2D eigenvalue weighted by atomic mass is 10.1. The average molecular weight is 274 g/mol. The van der Waals surface area contributed by atoms with E-state index in [9.17, 15) is 9.59 Å². The number of aryl methyl sites for hydroxylation is 2. The van der Waals surface area contributed by atoms with Gasteiger partial charge in [0.15, 0.2) is 0 Å². The molecule has 0 aliphatic heterocycles. The molecule has 108 valence electrons. The maximum Gasteiger partial charge on any atom is 0.251 e. The highest BCUT2D eigenvalue weighted by atomic mass is 16.2. The van der Waals surface area contributed by atoms with Crippen LogP contribution in [-0.2, 0) is 4.79 Å². The largest absolute Gasteiger partial charge is 0.352 e. The van der Waals surface area contributed by atoms with Crippen LogP contribution in [0, 0.1) is 19.8 Å². The van der Waals surface area contributed by atoms with E-state index in [4.69, 9.17) is 0 Å². The molecule has 1 fully saturated rings. The van der Waals surface area contributed by atoms with Gasteiger partial charge in [-0.05, 0) is 62.8 Å². The van der Waals surface area contributed by atoms with Crippen molar-refractivity contribution in [2.45, 2.75) is 39.7 Å². The highest BCUT2D eigenvalue weighted by Crippen LogP contribution is 2.32. The number of benzene rings is 1. The second kappa shape index (κ2) is 6.07. The third-order valence-electron chi connectivity index (χ3n) is 3.90. The van der Waals surface area contributed by atoms with E-state index in [0.29, 0.717) is 11.5 Å². The second-order valence-electron chi connectivity index (χ2n) is 5.68. The number of hydrogen-bond donors (Lipinski definition) is 2. The first-order valence-electron chi connectivity index (χ1n) is 7.12. The maximum atomic E-state index is 12.0. The molecule has 0 aromatic heterocycles. The van der Waals surface area contributed by atoms with Gasteiger partial charge in [-0.2, -0.15) is 0 Å². The molecule has 2 rings (SSSR count). The van der Waals surface area contributed by atoms with Gasteiger partial charge in [0.05, 0.1) is 6.54 Å². The molecule has 2 N–H and O–H groups in total. The number of amides is 2. The molecule has 4 heteroatoms. The summed E-state index contributed by atoms with van der Waals surface area (Å²) < 4.78 is 0. The van der Waals surface area contributed by atoms with Crippen molar-refractivity contribution >= 4 is 11.8 Å². The van der Waals surface area contributed by atoms with Gasteiger partial charge in [-0.3, -0.25) is 9.59 Å². The molecule has 0 bridgehead atoms. The van der Waals surface area contributed by atoms with E-state index in [1.165, 1.54) is 12.8 Å². The fraction of sp³-hybridized carbons (Fsp3) is 0.500. The number of hydrogen-bond acceptors (Lipinski definition) is 2. The van der Waals surface area contributed by atoms with E-state index < -0.39 is 0 Å². The van der Waals surface area contributed by atoms with Gasteiger partial charge < -0.3 is 10.6 Å². The molecule has 1 atom stereocenters. The maximum absolute atomic E-state index is 12.0. The van der Waals surface area contributed by atoms with Crippen LogP contribution in [0.25, 0.3) is 0 Å². The van der Waals surface area contributed by atoms with Gasteiger partial charge in [0, 0.05) is 11.6 Å². The Balaban J connectivity index is 1.81. The molecule has 1 aromatic rings. The van der Waals surface area contributed by atoms with Crippen LogP contribution in [0.4, 0.5) is 0 Å². The molecule has 0 spiro atoms. The van der Waals surface area contributed by atoms with Crippen LogP contribution in [0.15, 0.2) is 18.2 Å². The quantitative estimate of drug-likeness (QED) is 0.862. The van der Waals surface area contributed by atoms with Crippen molar-refractivity contribution in [2.24, 2.45) is 5.92 Å². The van der Waals surface area contributed by atoms with E-state index >= 15 is 0 Å². The third-order valence-corrected chi connectivity index (χ3v) is 3.90. The van der Waals surface area contributed by atoms with Gasteiger partial charge in [-0.1, -0.05) is 6.07 Å². The Kier molecular flexibility index (Phi) is 4.42. The van der Waals surface area contributed by atoms with Crippen molar-refractivity contribution < 1.29 is 9.59 Å². The van der Waals surface area contributed by atoms with Gasteiger partial charge in [0.25, 0.3) is 5.91 Å². The summed E-state index contributed by atoms with van der Waals surface area (Å²) in [4.78, 5) is 23.7. The summed E-state index contributed by atoms with van der Waals surface area (Å²) in [7, 11) is 0. The van der Waals surface area contributed by atoms with Crippen LogP contribution >= 0.6 is 0 Å². The van der Waals surface area contributed by atoms with Crippen molar-refractivity contribution in [3.05, 3.63) is 34.9 Å². The number of carbonyl (C=O) groups is 2. The van der Waals surface area contributed by atoms with Crippen LogP contribution in [0.2, 0.25) is 0 Å². The van der Waals surface area contributed by atoms with Crippen LogP contribution in [0.3, 0.4) is 0 Å². The van der Waals surface area contributed by atoms with Crippen LogP contribution in [-0.4, -0.2) is 24.4 Å². The summed E-state index contributed by atoms with van der Waals surface area (Å²) in [5, 5.41) is 5.57. The van der Waals surface area contributed by atoms with Crippen molar-refractivity contribution in [1.29, 1.82) is 0 Å². The second-order valence-corrected chi connectivity index (χ2v) is 5.68. The van der Waals surface area contributed by atoms with Crippen molar-refractivity contribution in [3.8, 4) is 0 Å². The molecule has 1 saturated carbocycles. The lowest BCUT2D eigenvalue weighted by Crippen LogP contribution is -2.41. The Morgan fingerprint density at radius 2 is 1.95 bits per heavy atom. The minimum atomic E-state index is -0.206. The van der Waals surface area contributed by atoms with Crippen LogP contribution < -0.4 is 10.6 Å². The van der Waals surface area contributed by atoms with Gasteiger partial charge in [0.2, 0.25) is 5.91 Å². The smallest absolute Gasteiger partial charge is 0.251 e. The first-order chi connectivity index (χ1) is 9.47. The SMILES string of the molecule is Cc1ccc(C(=O)NCC(=O)NC(C)C2CC2)cc1C. The first kappa shape index (κ1) is 14.6. The summed E-state index contributed by atoms with van der Waals surface area (Å²) >= 11 is 0. The lowest BCUT2D eigenvalue weighted by Gasteiger charge is -2.13. The zero-order valence-electron chi connectivity index (χ0n) is 12.3. The predicted molar refractivity (Wildman–Crippen MR) is 78.6 cm³/mol. The van der Waals surface area contributed by atoms with E-state index in [1.54, 1.807) is 6.07 Å². The van der Waals surface area contributed by atoms with E-state index in [-0.39, 0.29) is 24.4 Å². The minimum absolute atomic E-state index is 0.0306. The summed E-state index contributed by atoms with van der Waals surface area (Å²) in [6, 6.07) is 5.75. The van der Waals surface area contributed by atoms with Gasteiger partial charge in [0.1, 0.15) is 0 Å². The molecule has 20 heavy (non-hydrogen) atoms. The monoisotopic (exact) mass is 274 g/mol. The van der Waals surface area contributed by atoms with Crippen LogP contribution in [0.1, 0.15) is 41.3 Å². The molecule has 1 aliphatic rings. The Bertz CT molecular complexity index is 521. The van der Waals surface area contributed by atoms with Gasteiger partial charge in [-0.15, -0.1) is 0 Å². The van der Waals surface area contributed by atoms with Crippen molar-refractivity contribution in [1.82, 2.24) is 10.6 Å². The first-order valence-corrected chi connectivity index (χ1v) is 7.12. The summed E-state index contributed by atoms with van der Waals surface area (Å²) in [5.74, 6) is 0.290. The molecule has 2 amide bonds. The molecular weight excluding hydrogens is 252 g/mol. The molecule has 0 radical (unpaired) electrons. The van der Waals surface area contributed by atoms with E-state index in [0.717, 1.165) is 11.1 Å². The molecular formula is C16H22N2O2. The fourth-order valence-electron chi connectivity index (χ4n) is 2.16. The standard InChI is InChI=1S/C16H22N2O2/c1-10-4-5-14(8-11(10)2)16(20)17-9-15(19)18-12(3)13-6-7-13/h4-5,8,12-13H,6-7,9H2,1-3H3,(H,17,20)(H,18,19). The molecule has 1 aliphatic carbocycles. The predicted octanol–water partition coefficient (Wildman–Crippen LogP) is 1.95. The molecule has 4 nitrogen and oxygen atoms in total. The van der Waals surface area contributed by atoms with E-state index in [1.807, 2.05) is 32.9 Å². The van der Waals surface area contributed by atoms with Crippen molar-refractivity contribution in [3.63, 3.8) is 0 Å². The zero-order chi connectivity index (χ0) is 14.7. The summed E-state index contributed by atoms with van der Waals surface area (Å²) in [6.45, 7) is 6.02. The Labute approximate surface area is 119 Å². The Morgan fingerprint density at radius 3 is 2.55 bits per heavy atom. The molecule has 0 saturated heterocycles. The zero-order valence-corrected chi connectivity index (χ0v) is 12.3. The normalized spacial score (nSPS) is 15.6. The van der Waals surface area contributed by atoms with Gasteiger partial charge in [-0.25, -0.2) is 0 Å². The van der Waals surface area contributed by atoms with E-state index in [2.05, 4.69) is 10.6 Å². The number of nitrogens with one attached hydrogen (secondary N) is 2. The third kappa shape index (κ3) is 3.83.